The predicted octanol–water partition coefficient (Wildman–Crippen LogP) is 0.905. The van der Waals surface area contributed by atoms with Crippen molar-refractivity contribution in [3.05, 3.63) is 41.9 Å². The Morgan fingerprint density at radius 3 is 2.88 bits per heavy atom. The maximum atomic E-state index is 5.61. The van der Waals surface area contributed by atoms with Crippen LogP contribution in [0.4, 0.5) is 5.82 Å². The Hall–Kier alpha value is -2.61. The molecule has 0 aliphatic carbocycles. The van der Waals surface area contributed by atoms with Crippen LogP contribution in [0.2, 0.25) is 0 Å². The Morgan fingerprint density at radius 1 is 1.31 bits per heavy atom. The number of hydrogen-bond acceptors (Lipinski definition) is 5. The molecule has 0 saturated carbocycles. The predicted molar refractivity (Wildman–Crippen MR) is 102 cm³/mol. The normalized spacial score (nSPS) is 18.0. The van der Waals surface area contributed by atoms with Gasteiger partial charge in [-0.3, -0.25) is 9.67 Å². The van der Waals surface area contributed by atoms with Crippen molar-refractivity contribution in [2.75, 3.05) is 31.6 Å². The zero-order chi connectivity index (χ0) is 18.4. The Morgan fingerprint density at radius 2 is 2.15 bits per heavy atom. The summed E-state index contributed by atoms with van der Waals surface area (Å²) < 4.78 is 7.45. The highest BCUT2D eigenvalue weighted by Gasteiger charge is 2.18. The SMILES string of the molecule is CN=C(NCc1ccnc(N2CCOC(C)C2)c1)NCc1ccnn1C. The first kappa shape index (κ1) is 18.2. The third kappa shape index (κ3) is 4.72. The number of hydrogen-bond donors (Lipinski definition) is 2. The molecular formula is C18H27N7O. The molecular weight excluding hydrogens is 330 g/mol. The first-order valence-electron chi connectivity index (χ1n) is 8.88. The molecule has 1 aliphatic rings. The first-order valence-corrected chi connectivity index (χ1v) is 8.88. The number of aromatic nitrogens is 3. The standard InChI is InChI=1S/C18H27N7O/c1-14-13-25(8-9-26-14)17-10-15(4-6-20-17)11-21-18(19-2)22-12-16-5-7-23-24(16)3/h4-7,10,14H,8-9,11-13H2,1-3H3,(H2,19,21,22). The van der Waals surface area contributed by atoms with Gasteiger partial charge in [0.25, 0.3) is 0 Å². The van der Waals surface area contributed by atoms with Crippen LogP contribution in [0.1, 0.15) is 18.2 Å². The van der Waals surface area contributed by atoms with E-state index in [-0.39, 0.29) is 6.10 Å². The summed E-state index contributed by atoms with van der Waals surface area (Å²) in [6.45, 7) is 5.94. The Kier molecular flexibility index (Phi) is 6.06. The fourth-order valence-electron chi connectivity index (χ4n) is 2.93. The van der Waals surface area contributed by atoms with E-state index < -0.39 is 0 Å². The van der Waals surface area contributed by atoms with Crippen LogP contribution in [0.3, 0.4) is 0 Å². The smallest absolute Gasteiger partial charge is 0.191 e. The minimum absolute atomic E-state index is 0.238. The van der Waals surface area contributed by atoms with Crippen LogP contribution in [0.25, 0.3) is 0 Å². The lowest BCUT2D eigenvalue weighted by Gasteiger charge is -2.32. The molecule has 0 radical (unpaired) electrons. The second-order valence-electron chi connectivity index (χ2n) is 6.38. The maximum Gasteiger partial charge on any atom is 0.191 e. The van der Waals surface area contributed by atoms with E-state index in [0.29, 0.717) is 13.1 Å². The monoisotopic (exact) mass is 357 g/mol. The molecule has 0 aromatic carbocycles. The lowest BCUT2D eigenvalue weighted by molar-refractivity contribution is 0.0529. The van der Waals surface area contributed by atoms with Gasteiger partial charge in [0.1, 0.15) is 5.82 Å². The minimum Gasteiger partial charge on any atom is -0.375 e. The number of morpholine rings is 1. The fraction of sp³-hybridized carbons (Fsp3) is 0.500. The summed E-state index contributed by atoms with van der Waals surface area (Å²) in [5.41, 5.74) is 2.26. The van der Waals surface area contributed by atoms with E-state index in [1.807, 2.05) is 30.1 Å². The molecule has 0 bridgehead atoms. The second kappa shape index (κ2) is 8.66. The third-order valence-electron chi connectivity index (χ3n) is 4.42. The van der Waals surface area contributed by atoms with Crippen LogP contribution in [-0.4, -0.2) is 53.6 Å². The van der Waals surface area contributed by atoms with Gasteiger partial charge in [-0.2, -0.15) is 5.10 Å². The van der Waals surface area contributed by atoms with Crippen molar-refractivity contribution in [3.8, 4) is 0 Å². The maximum absolute atomic E-state index is 5.61. The van der Waals surface area contributed by atoms with Gasteiger partial charge in [0.05, 0.1) is 24.9 Å². The summed E-state index contributed by atoms with van der Waals surface area (Å²) >= 11 is 0. The molecule has 8 nitrogen and oxygen atoms in total. The fourth-order valence-corrected chi connectivity index (χ4v) is 2.93. The van der Waals surface area contributed by atoms with Gasteiger partial charge in [-0.25, -0.2) is 4.98 Å². The second-order valence-corrected chi connectivity index (χ2v) is 6.38. The third-order valence-corrected chi connectivity index (χ3v) is 4.42. The molecule has 140 valence electrons. The van der Waals surface area contributed by atoms with Gasteiger partial charge in [0.2, 0.25) is 0 Å². The molecule has 26 heavy (non-hydrogen) atoms. The van der Waals surface area contributed by atoms with Crippen molar-refractivity contribution in [3.63, 3.8) is 0 Å². The summed E-state index contributed by atoms with van der Waals surface area (Å²) in [6, 6.07) is 6.13. The van der Waals surface area contributed by atoms with Gasteiger partial charge >= 0.3 is 0 Å². The average Bonchev–Trinajstić information content (AvgIpc) is 3.07. The largest absolute Gasteiger partial charge is 0.375 e. The van der Waals surface area contributed by atoms with Crippen LogP contribution in [0.5, 0.6) is 0 Å². The van der Waals surface area contributed by atoms with Crippen LogP contribution in [0, 0.1) is 0 Å². The Labute approximate surface area is 154 Å². The van der Waals surface area contributed by atoms with Gasteiger partial charge < -0.3 is 20.3 Å². The van der Waals surface area contributed by atoms with Gasteiger partial charge in [-0.05, 0) is 30.7 Å². The highest BCUT2D eigenvalue weighted by molar-refractivity contribution is 5.79. The number of ether oxygens (including phenoxy) is 1. The molecule has 8 heteroatoms. The van der Waals surface area contributed by atoms with E-state index in [1.54, 1.807) is 13.2 Å². The molecule has 3 rings (SSSR count). The van der Waals surface area contributed by atoms with E-state index in [1.165, 1.54) is 0 Å². The lowest BCUT2D eigenvalue weighted by Crippen LogP contribution is -2.41. The number of aliphatic imine (C=N–C) groups is 1. The van der Waals surface area contributed by atoms with Crippen LogP contribution in [0.15, 0.2) is 35.6 Å². The number of anilines is 1. The van der Waals surface area contributed by atoms with Crippen LogP contribution in [-0.2, 0) is 24.9 Å². The van der Waals surface area contributed by atoms with Crippen molar-refractivity contribution in [2.24, 2.45) is 12.0 Å². The van der Waals surface area contributed by atoms with Crippen LogP contribution >= 0.6 is 0 Å². The zero-order valence-electron chi connectivity index (χ0n) is 15.6. The molecule has 1 atom stereocenters. The summed E-state index contributed by atoms with van der Waals surface area (Å²) in [6.07, 6.45) is 3.89. The van der Waals surface area contributed by atoms with Crippen molar-refractivity contribution >= 4 is 11.8 Å². The molecule has 1 saturated heterocycles. The zero-order valence-corrected chi connectivity index (χ0v) is 15.6. The van der Waals surface area contributed by atoms with E-state index in [4.69, 9.17) is 4.74 Å². The molecule has 0 amide bonds. The number of guanidine groups is 1. The summed E-state index contributed by atoms with van der Waals surface area (Å²) in [5, 5.41) is 10.8. The number of nitrogens with zero attached hydrogens (tertiary/aromatic N) is 5. The lowest BCUT2D eigenvalue weighted by atomic mass is 10.2. The number of pyridine rings is 1. The van der Waals surface area contributed by atoms with Crippen molar-refractivity contribution < 1.29 is 4.74 Å². The quantitative estimate of drug-likeness (QED) is 0.612. The van der Waals surface area contributed by atoms with Gasteiger partial charge in [0, 0.05) is 46.1 Å². The number of nitrogens with one attached hydrogen (secondary N) is 2. The number of aryl methyl sites for hydroxylation is 1. The average molecular weight is 357 g/mol. The molecule has 1 unspecified atom stereocenters. The molecule has 2 N–H and O–H groups in total. The van der Waals surface area contributed by atoms with Gasteiger partial charge in [0.15, 0.2) is 5.96 Å². The summed E-state index contributed by atoms with van der Waals surface area (Å²) in [7, 11) is 3.70. The van der Waals surface area contributed by atoms with Crippen molar-refractivity contribution in [2.45, 2.75) is 26.1 Å². The highest BCUT2D eigenvalue weighted by Crippen LogP contribution is 2.16. The molecule has 1 fully saturated rings. The molecule has 0 spiro atoms. The van der Waals surface area contributed by atoms with Crippen LogP contribution < -0.4 is 15.5 Å². The van der Waals surface area contributed by atoms with Crippen molar-refractivity contribution in [1.82, 2.24) is 25.4 Å². The summed E-state index contributed by atoms with van der Waals surface area (Å²) in [4.78, 5) is 11.1. The van der Waals surface area contributed by atoms with E-state index >= 15 is 0 Å². The Balaban J connectivity index is 1.54. The molecule has 3 heterocycles. The molecule has 1 aliphatic heterocycles. The summed E-state index contributed by atoms with van der Waals surface area (Å²) in [5.74, 6) is 1.75. The molecule has 2 aromatic rings. The van der Waals surface area contributed by atoms with E-state index in [0.717, 1.165) is 42.7 Å². The first-order chi connectivity index (χ1) is 12.7. The molecule has 2 aromatic heterocycles. The highest BCUT2D eigenvalue weighted by atomic mass is 16.5. The number of rotatable bonds is 5. The van der Waals surface area contributed by atoms with E-state index in [2.05, 4.69) is 43.6 Å². The van der Waals surface area contributed by atoms with Gasteiger partial charge in [-0.15, -0.1) is 0 Å². The minimum atomic E-state index is 0.238. The topological polar surface area (TPSA) is 79.6 Å². The van der Waals surface area contributed by atoms with E-state index in [9.17, 15) is 0 Å². The van der Waals surface area contributed by atoms with Gasteiger partial charge in [-0.1, -0.05) is 0 Å². The Bertz CT molecular complexity index is 743. The van der Waals surface area contributed by atoms with Crippen molar-refractivity contribution in [1.29, 1.82) is 0 Å².